The maximum atomic E-state index is 16.0. The van der Waals surface area contributed by atoms with Gasteiger partial charge in [0.15, 0.2) is 0 Å². The number of nitrogens with zero attached hydrogens (tertiary/aromatic N) is 2. The number of nitrogens with two attached hydrogens (primary N) is 1. The number of nitrogens with one attached hydrogen (secondary N) is 9. The molecule has 2 fully saturated rings. The molecule has 0 radical (unpaired) electrons. The lowest BCUT2D eigenvalue weighted by molar-refractivity contribution is -0.147. The molecule has 0 spiro atoms. The van der Waals surface area contributed by atoms with Gasteiger partial charge in [-0.15, -0.1) is 0 Å². The zero-order valence-corrected chi connectivity index (χ0v) is 50.9. The van der Waals surface area contributed by atoms with E-state index in [1.807, 2.05) is 0 Å². The van der Waals surface area contributed by atoms with Gasteiger partial charge in [-0.1, -0.05) is 31.2 Å². The predicted octanol–water partition coefficient (Wildman–Crippen LogP) is 3.26. The van der Waals surface area contributed by atoms with Gasteiger partial charge in [0.25, 0.3) is 5.91 Å². The van der Waals surface area contributed by atoms with E-state index in [0.717, 1.165) is 4.90 Å². The number of primary amides is 1. The number of aromatic nitrogens is 2. The van der Waals surface area contributed by atoms with Crippen molar-refractivity contribution in [3.8, 4) is 5.75 Å². The molecule has 482 valence electrons. The van der Waals surface area contributed by atoms with E-state index in [1.165, 1.54) is 79.9 Å². The third-order valence-corrected chi connectivity index (χ3v) is 17.2. The molecule has 6 aromatic rings. The number of amides is 10. The summed E-state index contributed by atoms with van der Waals surface area (Å²) in [5.41, 5.74) is 7.34. The zero-order valence-electron chi connectivity index (χ0n) is 50.9. The van der Waals surface area contributed by atoms with Crippen molar-refractivity contribution >= 4 is 80.9 Å². The molecule has 91 heavy (non-hydrogen) atoms. The number of methoxy groups -OCH3 is 1. The van der Waals surface area contributed by atoms with Crippen LogP contribution in [0.3, 0.4) is 0 Å². The second-order valence-corrected chi connectivity index (χ2v) is 23.7. The van der Waals surface area contributed by atoms with Gasteiger partial charge < -0.3 is 67.5 Å². The van der Waals surface area contributed by atoms with Crippen LogP contribution in [0.1, 0.15) is 98.3 Å². The van der Waals surface area contributed by atoms with Gasteiger partial charge >= 0.3 is 0 Å². The van der Waals surface area contributed by atoms with Crippen LogP contribution in [0.2, 0.25) is 0 Å². The number of hydrogen-bond acceptors (Lipinski definition) is 11. The van der Waals surface area contributed by atoms with E-state index in [1.54, 1.807) is 50.2 Å². The Bertz CT molecular complexity index is 3730. The summed E-state index contributed by atoms with van der Waals surface area (Å²) in [5.74, 6) is -8.47. The molecule has 1 unspecified atom stereocenters. The average molecular weight is 1260 g/mol. The van der Waals surface area contributed by atoms with Crippen molar-refractivity contribution in [1.82, 2.24) is 57.0 Å². The number of H-pyrrole nitrogens is 2. The van der Waals surface area contributed by atoms with Crippen molar-refractivity contribution in [1.29, 1.82) is 0 Å². The number of benzene rings is 4. The minimum atomic E-state index is -1.79. The first-order valence-corrected chi connectivity index (χ1v) is 30.4. The Kier molecular flexibility index (Phi) is 20.8. The summed E-state index contributed by atoms with van der Waals surface area (Å²) in [5, 5.41) is 19.7. The topological polar surface area (TPSA) is 328 Å². The standard InChI is InChI=1S/C65H75F3N12O11/c1-5-47-59(85)76-52(26-37-12-18-44(91-4)19-13-37)63(89)80-24-8-22-65(80,3)64(90)78-50(56(69)82)25-36-10-14-38(15-11-36)58(84)70-23-7-6-9-55(81)73-35(2)57(83)75-51(27-39-32-71-48-20-16-41(66)29-45(39)48)60(86)77-53(28-40-33-72-49-21-17-42(67)30-46(40)49)62(88)79-34-43(68)31-54(79)61(87)74-47/h10-21,29-30,32-33,35,43,47,50-54,71-72H,5-9,22-28,31,34H2,1-4H3,(H2,69,82)(H,70,84)(H,73,81)(H,74,87)(H,75,83)(H,76,85)(H,77,86)(H,78,90)/t35-,43+,47?,50+,51+,52+,53+,54+,65+/m1/s1. The summed E-state index contributed by atoms with van der Waals surface area (Å²) in [4.78, 5) is 151. The number of fused-ring (bicyclic) bond motifs is 28. The van der Waals surface area contributed by atoms with Crippen LogP contribution in [0.5, 0.6) is 5.75 Å². The van der Waals surface area contributed by atoms with Crippen LogP contribution in [-0.2, 0) is 68.8 Å². The van der Waals surface area contributed by atoms with Gasteiger partial charge in [0.1, 0.15) is 71.4 Å². The van der Waals surface area contributed by atoms with Crippen molar-refractivity contribution in [3.05, 3.63) is 137 Å². The quantitative estimate of drug-likeness (QED) is 0.0937. The summed E-state index contributed by atoms with van der Waals surface area (Å²) in [6, 6.07) is 10.8. The highest BCUT2D eigenvalue weighted by molar-refractivity contribution is 6.00. The van der Waals surface area contributed by atoms with E-state index in [4.69, 9.17) is 10.5 Å². The second kappa shape index (κ2) is 28.8. The minimum Gasteiger partial charge on any atom is -0.497 e. The molecule has 4 aromatic carbocycles. The van der Waals surface area contributed by atoms with Gasteiger partial charge in [0, 0.05) is 91.4 Å². The van der Waals surface area contributed by atoms with Crippen molar-refractivity contribution in [3.63, 3.8) is 0 Å². The van der Waals surface area contributed by atoms with E-state index in [9.17, 15) is 47.1 Å². The summed E-state index contributed by atoms with van der Waals surface area (Å²) in [7, 11) is 1.48. The van der Waals surface area contributed by atoms with Crippen LogP contribution < -0.4 is 47.7 Å². The summed E-state index contributed by atoms with van der Waals surface area (Å²) < 4.78 is 51.0. The highest BCUT2D eigenvalue weighted by Gasteiger charge is 2.49. The fraction of sp³-hybridized carbons (Fsp3) is 0.415. The Morgan fingerprint density at radius 3 is 1.89 bits per heavy atom. The largest absolute Gasteiger partial charge is 0.497 e. The first kappa shape index (κ1) is 65.7. The van der Waals surface area contributed by atoms with E-state index in [-0.39, 0.29) is 70.0 Å². The maximum absolute atomic E-state index is 16.0. The molecule has 4 aliphatic rings. The molecule has 2 saturated heterocycles. The molecular formula is C65H75F3N12O11. The molecule has 9 atom stereocenters. The third kappa shape index (κ3) is 15.6. The highest BCUT2D eigenvalue weighted by Crippen LogP contribution is 2.32. The highest BCUT2D eigenvalue weighted by atomic mass is 19.1. The number of rotatable bonds is 9. The lowest BCUT2D eigenvalue weighted by atomic mass is 9.94. The van der Waals surface area contributed by atoms with Gasteiger partial charge in [-0.2, -0.15) is 0 Å². The molecule has 11 N–H and O–H groups in total. The number of alkyl halides is 1. The van der Waals surface area contributed by atoms with Crippen LogP contribution in [-0.4, -0.2) is 160 Å². The first-order valence-electron chi connectivity index (χ1n) is 30.4. The van der Waals surface area contributed by atoms with Crippen molar-refractivity contribution in [2.45, 2.75) is 145 Å². The number of ether oxygens (including phenoxy) is 1. The van der Waals surface area contributed by atoms with Crippen LogP contribution in [0.4, 0.5) is 13.2 Å². The lowest BCUT2D eigenvalue weighted by Crippen LogP contribution is -2.63. The molecule has 10 rings (SSSR count). The number of hydrogen-bond donors (Lipinski definition) is 10. The van der Waals surface area contributed by atoms with Gasteiger partial charge in [0.2, 0.25) is 53.2 Å². The van der Waals surface area contributed by atoms with E-state index in [0.29, 0.717) is 62.7 Å². The van der Waals surface area contributed by atoms with Crippen molar-refractivity contribution in [2.75, 3.05) is 26.7 Å². The summed E-state index contributed by atoms with van der Waals surface area (Å²) >= 11 is 0. The van der Waals surface area contributed by atoms with Gasteiger partial charge in [-0.25, -0.2) is 13.2 Å². The monoisotopic (exact) mass is 1260 g/mol. The van der Waals surface area contributed by atoms with Crippen LogP contribution in [0.15, 0.2) is 97.3 Å². The Balaban J connectivity index is 1.04. The predicted molar refractivity (Wildman–Crippen MR) is 328 cm³/mol. The van der Waals surface area contributed by atoms with Crippen LogP contribution >= 0.6 is 0 Å². The molecule has 10 amide bonds. The maximum Gasteiger partial charge on any atom is 0.251 e. The van der Waals surface area contributed by atoms with E-state index in [2.05, 4.69) is 47.2 Å². The smallest absolute Gasteiger partial charge is 0.251 e. The summed E-state index contributed by atoms with van der Waals surface area (Å²) in [6.07, 6.45) is 0.833. The molecule has 0 saturated carbocycles. The second-order valence-electron chi connectivity index (χ2n) is 23.7. The zero-order chi connectivity index (χ0) is 65.3. The Morgan fingerprint density at radius 1 is 0.681 bits per heavy atom. The number of carbonyl (C=O) groups excluding carboxylic acids is 10. The summed E-state index contributed by atoms with van der Waals surface area (Å²) in [6.45, 7) is 4.10. The number of halogens is 3. The molecule has 2 bridgehead atoms. The van der Waals surface area contributed by atoms with Crippen LogP contribution in [0.25, 0.3) is 21.8 Å². The number of carbonyl (C=O) groups is 10. The molecule has 26 heteroatoms. The molecule has 4 aliphatic heterocycles. The third-order valence-electron chi connectivity index (χ3n) is 17.2. The Labute approximate surface area is 522 Å². The SMILES string of the molecule is CCC1NC(=O)[C@@H]2C[C@H](F)CN2C(=O)[C@H](Cc2c[nH]c3ccc(F)cc23)NC(=O)[C@H](Cc2c[nH]c3ccc(F)cc23)NC(=O)[C@@H](C)NC(=O)CCCCNC(=O)c2ccc(cc2)C[C@@H](C(N)=O)NC(=O)[C@]2(C)CCCN2C(=O)[C@H](Cc2ccc(OC)cc2)NC1=O. The number of aromatic amines is 2. The fourth-order valence-corrected chi connectivity index (χ4v) is 12.0. The first-order chi connectivity index (χ1) is 43.5. The molecule has 23 nitrogen and oxygen atoms in total. The fourth-order valence-electron chi connectivity index (χ4n) is 12.0. The van der Waals surface area contributed by atoms with Gasteiger partial charge in [0.05, 0.1) is 13.7 Å². The molecular weight excluding hydrogens is 1180 g/mol. The Morgan fingerprint density at radius 2 is 1.27 bits per heavy atom. The van der Waals surface area contributed by atoms with Gasteiger partial charge in [-0.3, -0.25) is 47.9 Å². The Hall–Kier alpha value is -9.75. The lowest BCUT2D eigenvalue weighted by Gasteiger charge is -2.37. The van der Waals surface area contributed by atoms with Gasteiger partial charge in [-0.05, 0) is 129 Å². The van der Waals surface area contributed by atoms with Crippen LogP contribution in [0, 0.1) is 11.6 Å². The van der Waals surface area contributed by atoms with E-state index >= 15 is 14.0 Å². The molecule has 6 heterocycles. The average Bonchev–Trinajstić information content (AvgIpc) is 1.90. The normalized spacial score (nSPS) is 25.1. The minimum absolute atomic E-state index is 0.0632. The molecule has 2 aromatic heterocycles. The van der Waals surface area contributed by atoms with E-state index < -0.39 is 138 Å². The van der Waals surface area contributed by atoms with Crippen molar-refractivity contribution in [2.24, 2.45) is 5.73 Å². The molecule has 0 aliphatic carbocycles. The van der Waals surface area contributed by atoms with Crippen molar-refractivity contribution < 1.29 is 65.9 Å².